The lowest BCUT2D eigenvalue weighted by Gasteiger charge is -2.21. The van der Waals surface area contributed by atoms with Gasteiger partial charge in [-0.3, -0.25) is 14.9 Å². The lowest BCUT2D eigenvalue weighted by Crippen LogP contribution is -2.33. The van der Waals surface area contributed by atoms with Gasteiger partial charge in [0.15, 0.2) is 0 Å². The molecule has 1 aromatic heterocycles. The van der Waals surface area contributed by atoms with Crippen molar-refractivity contribution in [1.82, 2.24) is 4.90 Å². The van der Waals surface area contributed by atoms with E-state index in [4.69, 9.17) is 0 Å². The molecule has 118 valence electrons. The zero-order valence-corrected chi connectivity index (χ0v) is 13.7. The number of non-ortho nitro benzene ring substituents is 1. The number of fused-ring (bicyclic) bond motifs is 1. The summed E-state index contributed by atoms with van der Waals surface area (Å²) in [4.78, 5) is 24.8. The molecule has 0 fully saturated rings. The van der Waals surface area contributed by atoms with E-state index in [2.05, 4.69) is 13.8 Å². The number of hydrogen-bond acceptors (Lipinski definition) is 4. The summed E-state index contributed by atoms with van der Waals surface area (Å²) in [7, 11) is 0. The molecule has 0 spiro atoms. The fraction of sp³-hybridized carbons (Fsp3) is 0.438. The number of carbonyl (C=O) groups excluding carboxylic acids is 1. The summed E-state index contributed by atoms with van der Waals surface area (Å²) in [6.45, 7) is 5.63. The van der Waals surface area contributed by atoms with Crippen LogP contribution in [0.3, 0.4) is 0 Å². The van der Waals surface area contributed by atoms with E-state index in [9.17, 15) is 14.9 Å². The molecule has 2 aromatic rings. The second-order valence-electron chi connectivity index (χ2n) is 5.26. The van der Waals surface area contributed by atoms with Crippen LogP contribution in [0.2, 0.25) is 0 Å². The van der Waals surface area contributed by atoms with Crippen LogP contribution in [0.15, 0.2) is 23.6 Å². The maximum Gasteiger partial charge on any atom is 0.270 e. The largest absolute Gasteiger partial charge is 0.342 e. The zero-order valence-electron chi connectivity index (χ0n) is 12.9. The number of rotatable bonds is 7. The molecule has 0 radical (unpaired) electrons. The Morgan fingerprint density at radius 2 is 1.95 bits per heavy atom. The van der Waals surface area contributed by atoms with Crippen LogP contribution in [0.25, 0.3) is 10.1 Å². The van der Waals surface area contributed by atoms with Crippen LogP contribution in [-0.2, 0) is 11.2 Å². The molecule has 1 aromatic carbocycles. The van der Waals surface area contributed by atoms with Gasteiger partial charge in [0, 0.05) is 35.3 Å². The van der Waals surface area contributed by atoms with Crippen LogP contribution in [0.1, 0.15) is 32.3 Å². The highest BCUT2D eigenvalue weighted by atomic mass is 32.1. The Morgan fingerprint density at radius 3 is 2.55 bits per heavy atom. The Bertz CT molecular complexity index is 675. The topological polar surface area (TPSA) is 63.5 Å². The van der Waals surface area contributed by atoms with Gasteiger partial charge in [0.05, 0.1) is 11.3 Å². The molecule has 6 heteroatoms. The van der Waals surface area contributed by atoms with E-state index in [0.29, 0.717) is 6.42 Å². The average Bonchev–Trinajstić information content (AvgIpc) is 2.89. The van der Waals surface area contributed by atoms with Crippen molar-refractivity contribution in [1.29, 1.82) is 0 Å². The SMILES string of the molecule is CCCN(CCC)C(=O)Cc1csc2ccc([N+](=O)[O-])cc12. The number of thiophene rings is 1. The van der Waals surface area contributed by atoms with Crippen LogP contribution < -0.4 is 0 Å². The van der Waals surface area contributed by atoms with Gasteiger partial charge >= 0.3 is 0 Å². The Balaban J connectivity index is 2.25. The highest BCUT2D eigenvalue weighted by Crippen LogP contribution is 2.30. The summed E-state index contributed by atoms with van der Waals surface area (Å²) < 4.78 is 0.978. The third-order valence-electron chi connectivity index (χ3n) is 3.53. The van der Waals surface area contributed by atoms with Crippen LogP contribution >= 0.6 is 11.3 Å². The number of nitro benzene ring substituents is 1. The number of hydrogen-bond donors (Lipinski definition) is 0. The third kappa shape index (κ3) is 3.62. The van der Waals surface area contributed by atoms with E-state index < -0.39 is 4.92 Å². The molecule has 0 unspecified atom stereocenters. The Kier molecular flexibility index (Phi) is 5.49. The molecule has 0 aliphatic rings. The third-order valence-corrected chi connectivity index (χ3v) is 4.54. The van der Waals surface area contributed by atoms with Gasteiger partial charge in [0.25, 0.3) is 5.69 Å². The molecule has 0 bridgehead atoms. The summed E-state index contributed by atoms with van der Waals surface area (Å²) in [5.74, 6) is 0.0925. The molecular weight excluding hydrogens is 300 g/mol. The predicted molar refractivity (Wildman–Crippen MR) is 89.3 cm³/mol. The highest BCUT2D eigenvalue weighted by molar-refractivity contribution is 7.17. The van der Waals surface area contributed by atoms with E-state index in [1.165, 1.54) is 17.4 Å². The maximum atomic E-state index is 12.4. The Morgan fingerprint density at radius 1 is 1.27 bits per heavy atom. The van der Waals surface area contributed by atoms with Crippen LogP contribution in [0.4, 0.5) is 5.69 Å². The number of nitrogens with zero attached hydrogens (tertiary/aromatic N) is 2. The van der Waals surface area contributed by atoms with Crippen molar-refractivity contribution in [3.05, 3.63) is 39.3 Å². The molecule has 0 aliphatic heterocycles. The van der Waals surface area contributed by atoms with E-state index in [1.54, 1.807) is 12.1 Å². The van der Waals surface area contributed by atoms with Crippen LogP contribution in [0.5, 0.6) is 0 Å². The summed E-state index contributed by atoms with van der Waals surface area (Å²) in [5.41, 5.74) is 0.949. The second kappa shape index (κ2) is 7.35. The first-order valence-corrected chi connectivity index (χ1v) is 8.37. The van der Waals surface area contributed by atoms with Gasteiger partial charge in [-0.15, -0.1) is 11.3 Å². The van der Waals surface area contributed by atoms with Crippen molar-refractivity contribution in [2.24, 2.45) is 0 Å². The minimum atomic E-state index is -0.400. The number of amides is 1. The van der Waals surface area contributed by atoms with Crippen molar-refractivity contribution < 1.29 is 9.72 Å². The fourth-order valence-corrected chi connectivity index (χ4v) is 3.44. The molecule has 0 atom stereocenters. The molecule has 0 saturated carbocycles. The van der Waals surface area contributed by atoms with Gasteiger partial charge in [0.2, 0.25) is 5.91 Å². The molecule has 1 heterocycles. The van der Waals surface area contributed by atoms with Gasteiger partial charge in [-0.25, -0.2) is 0 Å². The lowest BCUT2D eigenvalue weighted by molar-refractivity contribution is -0.384. The lowest BCUT2D eigenvalue weighted by atomic mass is 10.1. The van der Waals surface area contributed by atoms with E-state index in [-0.39, 0.29) is 11.6 Å². The Hall–Kier alpha value is -1.95. The van der Waals surface area contributed by atoms with Crippen molar-refractivity contribution in [2.45, 2.75) is 33.1 Å². The smallest absolute Gasteiger partial charge is 0.270 e. The summed E-state index contributed by atoms with van der Waals surface area (Å²) in [5, 5.41) is 13.7. The summed E-state index contributed by atoms with van der Waals surface area (Å²) in [6.07, 6.45) is 2.17. The molecule has 1 amide bonds. The zero-order chi connectivity index (χ0) is 16.1. The Labute approximate surface area is 133 Å². The molecule has 0 N–H and O–H groups in total. The van der Waals surface area contributed by atoms with Crippen LogP contribution in [0, 0.1) is 10.1 Å². The van der Waals surface area contributed by atoms with Crippen molar-refractivity contribution in [3.63, 3.8) is 0 Å². The highest BCUT2D eigenvalue weighted by Gasteiger charge is 2.16. The van der Waals surface area contributed by atoms with Crippen molar-refractivity contribution in [3.8, 4) is 0 Å². The van der Waals surface area contributed by atoms with Gasteiger partial charge in [0.1, 0.15) is 0 Å². The van der Waals surface area contributed by atoms with Crippen molar-refractivity contribution >= 4 is 33.0 Å². The molecule has 0 saturated heterocycles. The van der Waals surface area contributed by atoms with Crippen molar-refractivity contribution in [2.75, 3.05) is 13.1 Å². The van der Waals surface area contributed by atoms with Crippen LogP contribution in [-0.4, -0.2) is 28.8 Å². The van der Waals surface area contributed by atoms with E-state index in [1.807, 2.05) is 10.3 Å². The first-order valence-electron chi connectivity index (χ1n) is 7.49. The molecule has 22 heavy (non-hydrogen) atoms. The number of nitro groups is 1. The summed E-state index contributed by atoms with van der Waals surface area (Å²) in [6, 6.07) is 4.82. The van der Waals surface area contributed by atoms with Gasteiger partial charge in [-0.1, -0.05) is 13.8 Å². The number of carbonyl (C=O) groups is 1. The first kappa shape index (κ1) is 16.4. The number of benzene rings is 1. The summed E-state index contributed by atoms with van der Waals surface area (Å²) >= 11 is 1.52. The molecular formula is C16H20N2O3S. The first-order chi connectivity index (χ1) is 10.6. The minimum Gasteiger partial charge on any atom is -0.342 e. The predicted octanol–water partition coefficient (Wildman–Crippen LogP) is 4.00. The van der Waals surface area contributed by atoms with Gasteiger partial charge < -0.3 is 4.90 Å². The average molecular weight is 320 g/mol. The van der Waals surface area contributed by atoms with Gasteiger partial charge in [-0.2, -0.15) is 0 Å². The molecule has 0 aliphatic carbocycles. The molecule has 5 nitrogen and oxygen atoms in total. The minimum absolute atomic E-state index is 0.0681. The van der Waals surface area contributed by atoms with Gasteiger partial charge in [-0.05, 0) is 29.9 Å². The quantitative estimate of drug-likeness (QED) is 0.572. The van der Waals surface area contributed by atoms with E-state index in [0.717, 1.165) is 41.6 Å². The fourth-order valence-electron chi connectivity index (χ4n) is 2.50. The monoisotopic (exact) mass is 320 g/mol. The standard InChI is InChI=1S/C16H20N2O3S/c1-3-7-17(8-4-2)16(19)9-12-11-22-15-6-5-13(18(20)21)10-14(12)15/h5-6,10-11H,3-4,7-9H2,1-2H3. The van der Waals surface area contributed by atoms with E-state index >= 15 is 0 Å². The molecule has 2 rings (SSSR count). The maximum absolute atomic E-state index is 12.4. The second-order valence-corrected chi connectivity index (χ2v) is 6.17. The normalized spacial score (nSPS) is 10.8.